The number of nitrogens with zero attached hydrogens (tertiary/aromatic N) is 3. The van der Waals surface area contributed by atoms with E-state index in [4.69, 9.17) is 10.1 Å². The molecule has 2 saturated carbocycles. The van der Waals surface area contributed by atoms with Crippen molar-refractivity contribution in [3.05, 3.63) is 23.5 Å². The molecule has 0 aliphatic heterocycles. The van der Waals surface area contributed by atoms with Crippen LogP contribution in [0.15, 0.2) is 12.3 Å². The Bertz CT molecular complexity index is 939. The van der Waals surface area contributed by atoms with Crippen LogP contribution in [0.4, 0.5) is 5.82 Å². The molecular formula is C17H23N5O2S. The molecule has 5 rings (SSSR count). The summed E-state index contributed by atoms with van der Waals surface area (Å²) in [6.45, 7) is 0. The molecule has 3 N–H and O–H groups in total. The van der Waals surface area contributed by atoms with E-state index in [9.17, 15) is 8.42 Å². The van der Waals surface area contributed by atoms with Crippen LogP contribution in [0.2, 0.25) is 0 Å². The molecule has 1 spiro atoms. The molecule has 134 valence electrons. The fourth-order valence-electron chi connectivity index (χ4n) is 4.65. The van der Waals surface area contributed by atoms with Gasteiger partial charge in [-0.25, -0.2) is 18.5 Å². The lowest BCUT2D eigenvalue weighted by atomic mass is 9.95. The summed E-state index contributed by atoms with van der Waals surface area (Å²) in [5.41, 5.74) is 3.79. The molecule has 0 aromatic carbocycles. The van der Waals surface area contributed by atoms with Crippen molar-refractivity contribution >= 4 is 21.5 Å². The second kappa shape index (κ2) is 5.17. The van der Waals surface area contributed by atoms with Gasteiger partial charge in [0, 0.05) is 23.1 Å². The molecule has 25 heavy (non-hydrogen) atoms. The van der Waals surface area contributed by atoms with E-state index in [-0.39, 0.29) is 6.04 Å². The zero-order valence-corrected chi connectivity index (χ0v) is 14.9. The first kappa shape index (κ1) is 15.6. The highest BCUT2D eigenvalue weighted by Gasteiger charge is 2.51. The van der Waals surface area contributed by atoms with Crippen molar-refractivity contribution in [3.8, 4) is 0 Å². The number of rotatable bonds is 3. The molecule has 2 fully saturated rings. The third kappa shape index (κ3) is 2.45. The van der Waals surface area contributed by atoms with Gasteiger partial charge in [0.25, 0.3) is 0 Å². The fraction of sp³-hybridized carbons (Fsp3) is 0.647. The summed E-state index contributed by atoms with van der Waals surface area (Å²) >= 11 is 0. The van der Waals surface area contributed by atoms with Crippen LogP contribution in [0.5, 0.6) is 0 Å². The molecule has 0 radical (unpaired) electrons. The van der Waals surface area contributed by atoms with Crippen molar-refractivity contribution in [3.63, 3.8) is 0 Å². The smallest absolute Gasteiger partial charge is 0.211 e. The average Bonchev–Trinajstić information content (AvgIpc) is 3.05. The summed E-state index contributed by atoms with van der Waals surface area (Å²) < 4.78 is 25.0. The van der Waals surface area contributed by atoms with Gasteiger partial charge in [-0.1, -0.05) is 0 Å². The zero-order chi connectivity index (χ0) is 17.2. The summed E-state index contributed by atoms with van der Waals surface area (Å²) in [5, 5.41) is 13.0. The molecule has 3 aliphatic carbocycles. The molecule has 7 nitrogen and oxygen atoms in total. The molecule has 0 bridgehead atoms. The van der Waals surface area contributed by atoms with Crippen LogP contribution in [0, 0.1) is 0 Å². The third-order valence-electron chi connectivity index (χ3n) is 6.32. The Morgan fingerprint density at radius 3 is 2.64 bits per heavy atom. The second-order valence-corrected chi connectivity index (χ2v) is 9.72. The number of sulfonamides is 1. The molecule has 0 amide bonds. The van der Waals surface area contributed by atoms with Gasteiger partial charge in [-0.2, -0.15) is 9.61 Å². The van der Waals surface area contributed by atoms with Crippen molar-refractivity contribution in [1.82, 2.24) is 14.6 Å². The Morgan fingerprint density at radius 2 is 1.96 bits per heavy atom. The maximum absolute atomic E-state index is 11.6. The quantitative estimate of drug-likeness (QED) is 0.866. The molecule has 2 heterocycles. The lowest BCUT2D eigenvalue weighted by Crippen LogP contribution is -2.36. The first-order valence-electron chi connectivity index (χ1n) is 9.12. The molecular weight excluding hydrogens is 338 g/mol. The number of anilines is 1. The minimum absolute atomic E-state index is 0.257. The van der Waals surface area contributed by atoms with Crippen LogP contribution < -0.4 is 10.5 Å². The van der Waals surface area contributed by atoms with Crippen molar-refractivity contribution in [1.29, 1.82) is 0 Å². The van der Waals surface area contributed by atoms with Crippen LogP contribution >= 0.6 is 0 Å². The lowest BCUT2D eigenvalue weighted by molar-refractivity contribution is 0.450. The van der Waals surface area contributed by atoms with Gasteiger partial charge in [0.2, 0.25) is 10.0 Å². The van der Waals surface area contributed by atoms with E-state index in [1.165, 1.54) is 30.5 Å². The number of hydrogen-bond acceptors (Lipinski definition) is 5. The number of fused-ring (bicyclic) bond motifs is 3. The number of aromatic nitrogens is 3. The summed E-state index contributed by atoms with van der Waals surface area (Å²) in [6.07, 6.45) is 9.39. The van der Waals surface area contributed by atoms with Crippen LogP contribution in [0.3, 0.4) is 0 Å². The van der Waals surface area contributed by atoms with Crippen LogP contribution in [-0.2, 0) is 21.9 Å². The molecule has 2 aromatic heterocycles. The first-order chi connectivity index (χ1) is 12.0. The van der Waals surface area contributed by atoms with Crippen LogP contribution in [0.25, 0.3) is 5.65 Å². The van der Waals surface area contributed by atoms with Gasteiger partial charge in [-0.05, 0) is 51.4 Å². The Labute approximate surface area is 147 Å². The molecule has 0 atom stereocenters. The topological polar surface area (TPSA) is 102 Å². The number of primary sulfonamides is 1. The first-order valence-corrected chi connectivity index (χ1v) is 10.7. The van der Waals surface area contributed by atoms with Gasteiger partial charge in [-0.3, -0.25) is 0 Å². The van der Waals surface area contributed by atoms with E-state index in [1.54, 1.807) is 6.20 Å². The maximum Gasteiger partial charge on any atom is 0.211 e. The van der Waals surface area contributed by atoms with Crippen LogP contribution in [-0.4, -0.2) is 34.3 Å². The predicted octanol–water partition coefficient (Wildman–Crippen LogP) is 1.72. The summed E-state index contributed by atoms with van der Waals surface area (Å²) in [4.78, 5) is 4.89. The summed E-state index contributed by atoms with van der Waals surface area (Å²) in [7, 11) is -3.42. The molecule has 2 aromatic rings. The molecule has 3 aliphatic rings. The molecule has 0 unspecified atom stereocenters. The van der Waals surface area contributed by atoms with Gasteiger partial charge in [0.05, 0.1) is 17.1 Å². The second-order valence-electron chi connectivity index (χ2n) is 7.88. The maximum atomic E-state index is 11.6. The summed E-state index contributed by atoms with van der Waals surface area (Å²) in [5.74, 6) is 1.06. The fourth-order valence-corrected chi connectivity index (χ4v) is 5.58. The summed E-state index contributed by atoms with van der Waals surface area (Å²) in [6, 6.07) is 2.21. The van der Waals surface area contributed by atoms with Gasteiger partial charge in [0.15, 0.2) is 5.65 Å². The minimum Gasteiger partial charge on any atom is -0.367 e. The highest BCUT2D eigenvalue weighted by molar-refractivity contribution is 7.89. The van der Waals surface area contributed by atoms with Crippen molar-refractivity contribution in [2.24, 2.45) is 5.14 Å². The Balaban J connectivity index is 1.45. The Morgan fingerprint density at radius 1 is 1.20 bits per heavy atom. The van der Waals surface area contributed by atoms with Gasteiger partial charge < -0.3 is 5.32 Å². The number of nitrogens with two attached hydrogens (primary N) is 1. The monoisotopic (exact) mass is 361 g/mol. The van der Waals surface area contributed by atoms with E-state index in [0.29, 0.717) is 18.3 Å². The van der Waals surface area contributed by atoms with Crippen molar-refractivity contribution in [2.75, 3.05) is 5.32 Å². The zero-order valence-electron chi connectivity index (χ0n) is 14.1. The SMILES string of the molecule is NS(=O)(=O)C1CCC(Nc2c3c(nc4ccnn24)C2(CC3)CC2)CC1. The van der Waals surface area contributed by atoms with E-state index >= 15 is 0 Å². The minimum atomic E-state index is -3.42. The Hall–Kier alpha value is -1.67. The van der Waals surface area contributed by atoms with Crippen LogP contribution in [0.1, 0.15) is 56.2 Å². The van der Waals surface area contributed by atoms with E-state index in [0.717, 1.165) is 30.7 Å². The van der Waals surface area contributed by atoms with E-state index in [1.807, 2.05) is 10.6 Å². The highest BCUT2D eigenvalue weighted by Crippen LogP contribution is 2.57. The largest absolute Gasteiger partial charge is 0.367 e. The average molecular weight is 361 g/mol. The highest BCUT2D eigenvalue weighted by atomic mass is 32.2. The predicted molar refractivity (Wildman–Crippen MR) is 95.0 cm³/mol. The number of hydrogen-bond donors (Lipinski definition) is 2. The van der Waals surface area contributed by atoms with Crippen molar-refractivity contribution in [2.45, 2.75) is 68.1 Å². The lowest BCUT2D eigenvalue weighted by Gasteiger charge is -2.29. The van der Waals surface area contributed by atoms with Crippen molar-refractivity contribution < 1.29 is 8.42 Å². The number of nitrogens with one attached hydrogen (secondary N) is 1. The van der Waals surface area contributed by atoms with E-state index < -0.39 is 15.3 Å². The van der Waals surface area contributed by atoms with Gasteiger partial charge in [-0.15, -0.1) is 0 Å². The van der Waals surface area contributed by atoms with E-state index in [2.05, 4.69) is 10.4 Å². The molecule has 0 saturated heterocycles. The molecule has 8 heteroatoms. The van der Waals surface area contributed by atoms with Gasteiger partial charge >= 0.3 is 0 Å². The third-order valence-corrected chi connectivity index (χ3v) is 7.72. The van der Waals surface area contributed by atoms with Gasteiger partial charge in [0.1, 0.15) is 5.82 Å². The Kier molecular flexibility index (Phi) is 3.22. The normalized spacial score (nSPS) is 27.6. The standard InChI is InChI=1S/C17H23N5O2S/c18-25(23,24)12-3-1-11(2-4-12)20-16-13-5-7-17(8-9-17)15(13)21-14-6-10-19-22(14)16/h6,10-12,20H,1-5,7-9H2,(H2,18,23,24).